The molecule has 2 heterocycles. The summed E-state index contributed by atoms with van der Waals surface area (Å²) in [5.41, 5.74) is -0.854. The number of carbonyl (C=O) groups excluding carboxylic acids is 3. The minimum Gasteiger partial charge on any atom is -0.449 e. The van der Waals surface area contributed by atoms with E-state index in [1.165, 1.54) is 43.1 Å². The molecule has 1 aliphatic rings. The molecule has 1 atom stereocenters. The fourth-order valence-electron chi connectivity index (χ4n) is 3.35. The Bertz CT molecular complexity index is 1200. The van der Waals surface area contributed by atoms with Crippen LogP contribution < -0.4 is 11.2 Å². The summed E-state index contributed by atoms with van der Waals surface area (Å²) in [5, 5.41) is 0. The van der Waals surface area contributed by atoms with Gasteiger partial charge in [0.15, 0.2) is 6.10 Å². The summed E-state index contributed by atoms with van der Waals surface area (Å²) >= 11 is 0. The van der Waals surface area contributed by atoms with E-state index in [2.05, 4.69) is 0 Å². The number of benzene rings is 1. The van der Waals surface area contributed by atoms with Crippen molar-refractivity contribution >= 4 is 23.9 Å². The van der Waals surface area contributed by atoms with Gasteiger partial charge in [0.25, 0.3) is 17.4 Å². The zero-order chi connectivity index (χ0) is 23.4. The first-order valence-electron chi connectivity index (χ1n) is 9.95. The van der Waals surface area contributed by atoms with Gasteiger partial charge in [-0.1, -0.05) is 0 Å². The zero-order valence-corrected chi connectivity index (χ0v) is 17.6. The average Bonchev–Trinajstić information content (AvgIpc) is 2.95. The minimum absolute atomic E-state index is 0.0897. The molecule has 0 saturated carbocycles. The van der Waals surface area contributed by atoms with E-state index in [4.69, 9.17) is 4.74 Å². The normalized spacial score (nSPS) is 16.8. The number of nitrogens with zero attached hydrogens (tertiary/aromatic N) is 3. The first kappa shape index (κ1) is 22.9. The van der Waals surface area contributed by atoms with Crippen LogP contribution in [0, 0.1) is 5.82 Å². The van der Waals surface area contributed by atoms with Crippen LogP contribution in [0.2, 0.25) is 0 Å². The molecule has 32 heavy (non-hydrogen) atoms. The van der Waals surface area contributed by atoms with Gasteiger partial charge >= 0.3 is 11.7 Å². The van der Waals surface area contributed by atoms with Gasteiger partial charge in [0.1, 0.15) is 5.82 Å². The van der Waals surface area contributed by atoms with Crippen molar-refractivity contribution in [2.45, 2.75) is 25.4 Å². The lowest BCUT2D eigenvalue weighted by Gasteiger charge is -2.22. The first-order valence-corrected chi connectivity index (χ1v) is 9.95. The third-order valence-corrected chi connectivity index (χ3v) is 5.11. The zero-order valence-electron chi connectivity index (χ0n) is 17.6. The molecule has 1 saturated heterocycles. The number of rotatable bonds is 4. The number of carbonyl (C=O) groups is 3. The van der Waals surface area contributed by atoms with Crippen molar-refractivity contribution in [2.24, 2.45) is 14.1 Å². The Morgan fingerprint density at radius 3 is 2.47 bits per heavy atom. The molecule has 1 fully saturated rings. The number of ether oxygens (including phenoxy) is 1. The van der Waals surface area contributed by atoms with Crippen LogP contribution in [0.1, 0.15) is 35.2 Å². The summed E-state index contributed by atoms with van der Waals surface area (Å²) in [7, 11) is 2.78. The number of likely N-dealkylation sites (tertiary alicyclic amines) is 1. The Hall–Kier alpha value is -3.82. The SMILES string of the molecule is Cn1cc(/C=C/C(=O)OC2CCCCN(C(=O)c3ccc(F)cc3)C2=O)c(=O)n(C)c1=O. The second-order valence-electron chi connectivity index (χ2n) is 7.40. The van der Waals surface area contributed by atoms with Crippen LogP contribution >= 0.6 is 0 Å². The number of esters is 1. The molecule has 0 aliphatic carbocycles. The Kier molecular flexibility index (Phi) is 6.82. The summed E-state index contributed by atoms with van der Waals surface area (Å²) in [6, 6.07) is 4.82. The van der Waals surface area contributed by atoms with Crippen LogP contribution in [-0.2, 0) is 28.4 Å². The number of hydrogen-bond acceptors (Lipinski definition) is 6. The van der Waals surface area contributed by atoms with Crippen LogP contribution in [0.15, 0.2) is 46.1 Å². The van der Waals surface area contributed by atoms with Gasteiger partial charge in [-0.2, -0.15) is 0 Å². The van der Waals surface area contributed by atoms with E-state index in [1.54, 1.807) is 0 Å². The molecule has 1 aromatic carbocycles. The maximum Gasteiger partial charge on any atom is 0.331 e. The maximum atomic E-state index is 13.1. The Morgan fingerprint density at radius 1 is 1.09 bits per heavy atom. The molecular formula is C22H22FN3O6. The highest BCUT2D eigenvalue weighted by Gasteiger charge is 2.33. The second-order valence-corrected chi connectivity index (χ2v) is 7.40. The molecule has 3 rings (SSSR count). The standard InChI is InChI=1S/C22H22FN3O6/c1-24-13-15(19(28)25(2)22(24)31)8-11-18(27)32-17-5-3-4-12-26(21(17)30)20(29)14-6-9-16(23)10-7-14/h6-11,13,17H,3-5,12H2,1-2H3/b11-8+. The molecule has 1 aliphatic heterocycles. The predicted octanol–water partition coefficient (Wildman–Crippen LogP) is 1.00. The molecule has 10 heteroatoms. The van der Waals surface area contributed by atoms with Crippen LogP contribution in [-0.4, -0.2) is 44.5 Å². The summed E-state index contributed by atoms with van der Waals surface area (Å²) in [6.45, 7) is 0.160. The van der Waals surface area contributed by atoms with Gasteiger partial charge < -0.3 is 9.30 Å². The quantitative estimate of drug-likeness (QED) is 0.396. The smallest absolute Gasteiger partial charge is 0.331 e. The summed E-state index contributed by atoms with van der Waals surface area (Å²) in [5.74, 6) is -2.62. The molecular weight excluding hydrogens is 421 g/mol. The topological polar surface area (TPSA) is 108 Å². The number of amides is 2. The van der Waals surface area contributed by atoms with E-state index < -0.39 is 41.0 Å². The summed E-state index contributed by atoms with van der Waals surface area (Å²) in [6.07, 6.45) is 3.65. The molecule has 168 valence electrons. The van der Waals surface area contributed by atoms with Gasteiger partial charge in [0.05, 0.1) is 5.56 Å². The molecule has 2 aromatic rings. The summed E-state index contributed by atoms with van der Waals surface area (Å²) < 4.78 is 20.5. The largest absolute Gasteiger partial charge is 0.449 e. The van der Waals surface area contributed by atoms with Gasteiger partial charge in [0, 0.05) is 38.5 Å². The number of aryl methyl sites for hydroxylation is 1. The van der Waals surface area contributed by atoms with Gasteiger partial charge in [-0.15, -0.1) is 0 Å². The van der Waals surface area contributed by atoms with Gasteiger partial charge in [0.2, 0.25) is 0 Å². The average molecular weight is 443 g/mol. The first-order chi connectivity index (χ1) is 15.2. The minimum atomic E-state index is -1.16. The highest BCUT2D eigenvalue weighted by molar-refractivity contribution is 6.06. The maximum absolute atomic E-state index is 13.1. The predicted molar refractivity (Wildman–Crippen MR) is 112 cm³/mol. The van der Waals surface area contributed by atoms with Gasteiger partial charge in [-0.05, 0) is 49.6 Å². The lowest BCUT2D eigenvalue weighted by Crippen LogP contribution is -2.43. The van der Waals surface area contributed by atoms with Gasteiger partial charge in [-0.25, -0.2) is 14.0 Å². The fourth-order valence-corrected chi connectivity index (χ4v) is 3.35. The molecule has 0 N–H and O–H groups in total. The fraction of sp³-hybridized carbons (Fsp3) is 0.318. The molecule has 9 nitrogen and oxygen atoms in total. The van der Waals surface area contributed by atoms with E-state index in [-0.39, 0.29) is 24.1 Å². The van der Waals surface area contributed by atoms with E-state index in [0.717, 1.165) is 27.7 Å². The van der Waals surface area contributed by atoms with Gasteiger partial charge in [-0.3, -0.25) is 23.9 Å². The van der Waals surface area contributed by atoms with Crippen LogP contribution in [0.25, 0.3) is 6.08 Å². The number of aromatic nitrogens is 2. The van der Waals surface area contributed by atoms with Crippen LogP contribution in [0.5, 0.6) is 0 Å². The summed E-state index contributed by atoms with van der Waals surface area (Å²) in [4.78, 5) is 62.7. The second kappa shape index (κ2) is 9.54. The van der Waals surface area contributed by atoms with Crippen molar-refractivity contribution < 1.29 is 23.5 Å². The number of hydrogen-bond donors (Lipinski definition) is 0. The van der Waals surface area contributed by atoms with Crippen molar-refractivity contribution in [3.63, 3.8) is 0 Å². The lowest BCUT2D eigenvalue weighted by atomic mass is 10.1. The van der Waals surface area contributed by atoms with Crippen molar-refractivity contribution in [1.29, 1.82) is 0 Å². The van der Waals surface area contributed by atoms with Crippen LogP contribution in [0.4, 0.5) is 4.39 Å². The van der Waals surface area contributed by atoms with Crippen molar-refractivity contribution in [1.82, 2.24) is 14.0 Å². The molecule has 0 spiro atoms. The van der Waals surface area contributed by atoms with E-state index in [1.807, 2.05) is 0 Å². The molecule has 2 amide bonds. The van der Waals surface area contributed by atoms with Crippen LogP contribution in [0.3, 0.4) is 0 Å². The van der Waals surface area contributed by atoms with Crippen molar-refractivity contribution in [3.05, 3.63) is 74.3 Å². The lowest BCUT2D eigenvalue weighted by molar-refractivity contribution is -0.154. The number of halogens is 1. The van der Waals surface area contributed by atoms with E-state index in [9.17, 15) is 28.4 Å². The highest BCUT2D eigenvalue weighted by atomic mass is 19.1. The molecule has 0 bridgehead atoms. The molecule has 1 aromatic heterocycles. The number of imide groups is 1. The van der Waals surface area contributed by atoms with Crippen molar-refractivity contribution in [2.75, 3.05) is 6.54 Å². The Balaban J connectivity index is 1.74. The Morgan fingerprint density at radius 2 is 1.78 bits per heavy atom. The third kappa shape index (κ3) is 4.90. The Labute approximate surface area is 182 Å². The van der Waals surface area contributed by atoms with E-state index >= 15 is 0 Å². The third-order valence-electron chi connectivity index (χ3n) is 5.11. The van der Waals surface area contributed by atoms with Crippen molar-refractivity contribution in [3.8, 4) is 0 Å². The monoisotopic (exact) mass is 443 g/mol. The highest BCUT2D eigenvalue weighted by Crippen LogP contribution is 2.18. The molecule has 1 unspecified atom stereocenters. The van der Waals surface area contributed by atoms with E-state index in [0.29, 0.717) is 12.8 Å². The molecule has 0 radical (unpaired) electrons.